The van der Waals surface area contributed by atoms with Crippen molar-refractivity contribution in [1.82, 2.24) is 10.2 Å². The molecule has 1 aromatic rings. The molecule has 1 amide bonds. The zero-order valence-electron chi connectivity index (χ0n) is 15.3. The average molecular weight is 330 g/mol. The highest BCUT2D eigenvalue weighted by Crippen LogP contribution is 2.17. The van der Waals surface area contributed by atoms with E-state index in [0.717, 1.165) is 31.6 Å². The number of ether oxygens (including phenoxy) is 1. The van der Waals surface area contributed by atoms with Crippen LogP contribution in [-0.4, -0.2) is 36.1 Å². The van der Waals surface area contributed by atoms with Gasteiger partial charge in [-0.1, -0.05) is 37.3 Å². The SMILES string of the molecule is CC/C=C(\C)C(=O)NCc1ccccc1CN1CC(C)OC(C)C1. The first kappa shape index (κ1) is 18.7. The minimum Gasteiger partial charge on any atom is -0.373 e. The molecule has 1 N–H and O–H groups in total. The maximum Gasteiger partial charge on any atom is 0.246 e. The third-order valence-corrected chi connectivity index (χ3v) is 4.32. The largest absolute Gasteiger partial charge is 0.373 e. The summed E-state index contributed by atoms with van der Waals surface area (Å²) < 4.78 is 5.81. The van der Waals surface area contributed by atoms with Crippen molar-refractivity contribution in [2.24, 2.45) is 0 Å². The molecule has 0 aliphatic carbocycles. The van der Waals surface area contributed by atoms with Gasteiger partial charge in [-0.15, -0.1) is 0 Å². The van der Waals surface area contributed by atoms with E-state index in [1.165, 1.54) is 11.1 Å². The zero-order chi connectivity index (χ0) is 17.5. The summed E-state index contributed by atoms with van der Waals surface area (Å²) in [4.78, 5) is 14.5. The Morgan fingerprint density at radius 2 is 1.88 bits per heavy atom. The molecule has 1 aliphatic rings. The number of rotatable bonds is 6. The van der Waals surface area contributed by atoms with Gasteiger partial charge < -0.3 is 10.1 Å². The molecular weight excluding hydrogens is 300 g/mol. The van der Waals surface area contributed by atoms with Crippen LogP contribution in [0.15, 0.2) is 35.9 Å². The number of carbonyl (C=O) groups is 1. The maximum atomic E-state index is 12.1. The quantitative estimate of drug-likeness (QED) is 0.814. The summed E-state index contributed by atoms with van der Waals surface area (Å²) in [5.41, 5.74) is 3.24. The van der Waals surface area contributed by atoms with Crippen molar-refractivity contribution in [1.29, 1.82) is 0 Å². The molecule has 0 spiro atoms. The molecule has 0 radical (unpaired) electrons. The van der Waals surface area contributed by atoms with Crippen molar-refractivity contribution < 1.29 is 9.53 Å². The average Bonchev–Trinajstić information content (AvgIpc) is 2.53. The smallest absolute Gasteiger partial charge is 0.246 e. The van der Waals surface area contributed by atoms with Crippen LogP contribution >= 0.6 is 0 Å². The lowest BCUT2D eigenvalue weighted by Gasteiger charge is -2.35. The van der Waals surface area contributed by atoms with E-state index in [0.29, 0.717) is 6.54 Å². The Morgan fingerprint density at radius 1 is 1.25 bits per heavy atom. The lowest BCUT2D eigenvalue weighted by Crippen LogP contribution is -2.45. The molecule has 0 saturated carbocycles. The number of nitrogens with one attached hydrogen (secondary N) is 1. The molecular formula is C20H30N2O2. The van der Waals surface area contributed by atoms with Gasteiger partial charge in [-0.3, -0.25) is 9.69 Å². The molecule has 1 aliphatic heterocycles. The van der Waals surface area contributed by atoms with Crippen molar-refractivity contribution in [3.05, 3.63) is 47.0 Å². The van der Waals surface area contributed by atoms with Gasteiger partial charge in [0.2, 0.25) is 5.91 Å². The second kappa shape index (κ2) is 9.00. The summed E-state index contributed by atoms with van der Waals surface area (Å²) in [6, 6.07) is 8.35. The molecule has 1 heterocycles. The topological polar surface area (TPSA) is 41.6 Å². The number of benzene rings is 1. The molecule has 1 fully saturated rings. The van der Waals surface area contributed by atoms with E-state index in [1.807, 2.05) is 26.0 Å². The fraction of sp³-hybridized carbons (Fsp3) is 0.550. The molecule has 2 atom stereocenters. The molecule has 1 saturated heterocycles. The zero-order valence-corrected chi connectivity index (χ0v) is 15.3. The number of nitrogens with zero attached hydrogens (tertiary/aromatic N) is 1. The normalized spacial score (nSPS) is 22.4. The van der Waals surface area contributed by atoms with Crippen LogP contribution in [0.3, 0.4) is 0 Å². The third kappa shape index (κ3) is 5.46. The first-order valence-corrected chi connectivity index (χ1v) is 8.89. The first-order chi connectivity index (χ1) is 11.5. The first-order valence-electron chi connectivity index (χ1n) is 8.89. The van der Waals surface area contributed by atoms with Gasteiger partial charge in [0.25, 0.3) is 0 Å². The van der Waals surface area contributed by atoms with E-state index in [9.17, 15) is 4.79 Å². The highest BCUT2D eigenvalue weighted by molar-refractivity contribution is 5.92. The van der Waals surface area contributed by atoms with Crippen molar-refractivity contribution in [2.75, 3.05) is 13.1 Å². The number of allylic oxidation sites excluding steroid dienone is 1. The van der Waals surface area contributed by atoms with Gasteiger partial charge in [0.15, 0.2) is 0 Å². The predicted molar refractivity (Wildman–Crippen MR) is 97.6 cm³/mol. The van der Waals surface area contributed by atoms with Crippen molar-refractivity contribution in [3.8, 4) is 0 Å². The third-order valence-electron chi connectivity index (χ3n) is 4.32. The summed E-state index contributed by atoms with van der Waals surface area (Å²) in [5, 5.41) is 3.03. The van der Waals surface area contributed by atoms with Gasteiger partial charge >= 0.3 is 0 Å². The number of hydrogen-bond acceptors (Lipinski definition) is 3. The number of morpholine rings is 1. The van der Waals surface area contributed by atoms with Crippen molar-refractivity contribution in [3.63, 3.8) is 0 Å². The fourth-order valence-corrected chi connectivity index (χ4v) is 3.25. The van der Waals surface area contributed by atoms with Crippen LogP contribution in [-0.2, 0) is 22.6 Å². The number of hydrogen-bond donors (Lipinski definition) is 1. The predicted octanol–water partition coefficient (Wildman–Crippen LogP) is 3.27. The molecule has 4 nitrogen and oxygen atoms in total. The molecule has 1 aromatic carbocycles. The second-order valence-corrected chi connectivity index (χ2v) is 6.70. The van der Waals surface area contributed by atoms with E-state index < -0.39 is 0 Å². The van der Waals surface area contributed by atoms with E-state index in [1.54, 1.807) is 0 Å². The molecule has 0 aromatic heterocycles. The summed E-state index contributed by atoms with van der Waals surface area (Å²) in [5.74, 6) is 0.0141. The Balaban J connectivity index is 1.99. The Bertz CT molecular complexity index is 573. The Hall–Kier alpha value is -1.65. The highest BCUT2D eigenvalue weighted by atomic mass is 16.5. The summed E-state index contributed by atoms with van der Waals surface area (Å²) in [7, 11) is 0. The molecule has 4 heteroatoms. The molecule has 2 unspecified atom stereocenters. The number of amides is 1. The Kier molecular flexibility index (Phi) is 7.00. The Labute approximate surface area is 145 Å². The van der Waals surface area contributed by atoms with Gasteiger partial charge in [0.1, 0.15) is 0 Å². The van der Waals surface area contributed by atoms with Gasteiger partial charge in [-0.25, -0.2) is 0 Å². The van der Waals surface area contributed by atoms with Crippen LogP contribution in [0.25, 0.3) is 0 Å². The van der Waals surface area contributed by atoms with E-state index in [2.05, 4.69) is 42.3 Å². The van der Waals surface area contributed by atoms with Crippen LogP contribution in [0.1, 0.15) is 45.2 Å². The minimum absolute atomic E-state index is 0.0141. The second-order valence-electron chi connectivity index (χ2n) is 6.70. The number of carbonyl (C=O) groups excluding carboxylic acids is 1. The molecule has 132 valence electrons. The Morgan fingerprint density at radius 3 is 2.50 bits per heavy atom. The van der Waals surface area contributed by atoms with Gasteiger partial charge in [-0.2, -0.15) is 0 Å². The lowest BCUT2D eigenvalue weighted by atomic mass is 10.1. The summed E-state index contributed by atoms with van der Waals surface area (Å²) >= 11 is 0. The van der Waals surface area contributed by atoms with Crippen molar-refractivity contribution >= 4 is 5.91 Å². The molecule has 2 rings (SSSR count). The maximum absolute atomic E-state index is 12.1. The fourth-order valence-electron chi connectivity index (χ4n) is 3.25. The highest BCUT2D eigenvalue weighted by Gasteiger charge is 2.22. The minimum atomic E-state index is 0.0141. The van der Waals surface area contributed by atoms with E-state index in [4.69, 9.17) is 4.74 Å². The van der Waals surface area contributed by atoms with Crippen LogP contribution in [0.5, 0.6) is 0 Å². The van der Waals surface area contributed by atoms with Gasteiger partial charge in [0, 0.05) is 31.8 Å². The van der Waals surface area contributed by atoms with Crippen molar-refractivity contribution in [2.45, 2.75) is 59.4 Å². The molecule has 24 heavy (non-hydrogen) atoms. The van der Waals surface area contributed by atoms with Gasteiger partial charge in [-0.05, 0) is 38.3 Å². The lowest BCUT2D eigenvalue weighted by molar-refractivity contribution is -0.117. The molecule has 0 bridgehead atoms. The summed E-state index contributed by atoms with van der Waals surface area (Å²) in [6.45, 7) is 11.5. The standard InChI is InChI=1S/C20H30N2O2/c1-5-8-15(2)20(23)21-11-18-9-6-7-10-19(18)14-22-12-16(3)24-17(4)13-22/h6-10,16-17H,5,11-14H2,1-4H3,(H,21,23)/b15-8+. The van der Waals surface area contributed by atoms with Gasteiger partial charge in [0.05, 0.1) is 12.2 Å². The van der Waals surface area contributed by atoms with Crippen LogP contribution in [0.2, 0.25) is 0 Å². The van der Waals surface area contributed by atoms with Crippen LogP contribution < -0.4 is 5.32 Å². The van der Waals surface area contributed by atoms with Crippen LogP contribution in [0, 0.1) is 0 Å². The van der Waals surface area contributed by atoms with E-state index >= 15 is 0 Å². The monoisotopic (exact) mass is 330 g/mol. The van der Waals surface area contributed by atoms with Crippen LogP contribution in [0.4, 0.5) is 0 Å². The summed E-state index contributed by atoms with van der Waals surface area (Å²) in [6.07, 6.45) is 3.37. The van der Waals surface area contributed by atoms with E-state index in [-0.39, 0.29) is 18.1 Å².